The molecule has 2 heterocycles. The fourth-order valence-electron chi connectivity index (χ4n) is 3.14. The number of sulfonamides is 1. The van der Waals surface area contributed by atoms with Crippen LogP contribution in [-0.2, 0) is 16.6 Å². The van der Waals surface area contributed by atoms with E-state index in [9.17, 15) is 8.42 Å². The third-order valence-electron chi connectivity index (χ3n) is 4.72. The minimum Gasteiger partial charge on any atom is -0.497 e. The standard InChI is InChI=1S/C21H21N5O4S/c1-14-10-21(19-11-17(30-3)6-9-20(19)23-14)26-13-15(24-25-26)12-22-31(27,28)18-7-4-16(29-2)5-8-18/h4-11,13,22H,12H2,1-3H3. The zero-order valence-electron chi connectivity index (χ0n) is 17.2. The van der Waals surface area contributed by atoms with Gasteiger partial charge in [0.05, 0.1) is 48.8 Å². The summed E-state index contributed by atoms with van der Waals surface area (Å²) in [6.45, 7) is 1.90. The lowest BCUT2D eigenvalue weighted by atomic mass is 10.1. The van der Waals surface area contributed by atoms with Crippen molar-refractivity contribution in [2.45, 2.75) is 18.4 Å². The lowest BCUT2D eigenvalue weighted by molar-refractivity contribution is 0.414. The molecule has 1 N–H and O–H groups in total. The second-order valence-electron chi connectivity index (χ2n) is 6.82. The average molecular weight is 439 g/mol. The average Bonchev–Trinajstić information content (AvgIpc) is 3.26. The van der Waals surface area contributed by atoms with Gasteiger partial charge in [0.25, 0.3) is 0 Å². The van der Waals surface area contributed by atoms with E-state index in [0.717, 1.165) is 22.3 Å². The Bertz CT molecular complexity index is 1330. The molecule has 2 aromatic heterocycles. The van der Waals surface area contributed by atoms with Crippen LogP contribution in [0.2, 0.25) is 0 Å². The van der Waals surface area contributed by atoms with Crippen LogP contribution in [0.15, 0.2) is 59.6 Å². The van der Waals surface area contributed by atoms with Crippen molar-refractivity contribution in [3.8, 4) is 17.2 Å². The molecule has 0 saturated carbocycles. The molecule has 0 aliphatic carbocycles. The Kier molecular flexibility index (Phi) is 5.57. The van der Waals surface area contributed by atoms with E-state index < -0.39 is 10.0 Å². The number of aromatic nitrogens is 4. The van der Waals surface area contributed by atoms with Gasteiger partial charge in [-0.15, -0.1) is 5.10 Å². The molecule has 0 aliphatic heterocycles. The van der Waals surface area contributed by atoms with Crippen LogP contribution in [0.3, 0.4) is 0 Å². The van der Waals surface area contributed by atoms with Crippen LogP contribution in [-0.4, -0.2) is 42.6 Å². The van der Waals surface area contributed by atoms with Crippen molar-refractivity contribution < 1.29 is 17.9 Å². The number of rotatable bonds is 7. The van der Waals surface area contributed by atoms with Crippen molar-refractivity contribution in [2.75, 3.05) is 14.2 Å². The van der Waals surface area contributed by atoms with E-state index in [1.165, 1.54) is 19.2 Å². The SMILES string of the molecule is COc1ccc(S(=O)(=O)NCc2cn(-c3cc(C)nc4ccc(OC)cc34)nn2)cc1. The first-order valence-corrected chi connectivity index (χ1v) is 10.9. The molecule has 0 fully saturated rings. The number of methoxy groups -OCH3 is 2. The van der Waals surface area contributed by atoms with Gasteiger partial charge in [-0.25, -0.2) is 17.8 Å². The van der Waals surface area contributed by atoms with Gasteiger partial charge < -0.3 is 9.47 Å². The maximum absolute atomic E-state index is 12.5. The molecule has 2 aromatic carbocycles. The Balaban J connectivity index is 1.58. The van der Waals surface area contributed by atoms with Crippen LogP contribution in [0.4, 0.5) is 0 Å². The minimum absolute atomic E-state index is 0.000316. The summed E-state index contributed by atoms with van der Waals surface area (Å²) >= 11 is 0. The third-order valence-corrected chi connectivity index (χ3v) is 6.14. The van der Waals surface area contributed by atoms with Crippen molar-refractivity contribution >= 4 is 20.9 Å². The highest BCUT2D eigenvalue weighted by Crippen LogP contribution is 2.26. The number of fused-ring (bicyclic) bond motifs is 1. The molecule has 31 heavy (non-hydrogen) atoms. The maximum Gasteiger partial charge on any atom is 0.240 e. The van der Waals surface area contributed by atoms with E-state index in [1.54, 1.807) is 30.1 Å². The zero-order chi connectivity index (χ0) is 22.0. The minimum atomic E-state index is -3.70. The predicted octanol–water partition coefficient (Wildman–Crippen LogP) is 2.62. The normalized spacial score (nSPS) is 11.6. The summed E-state index contributed by atoms with van der Waals surface area (Å²) in [4.78, 5) is 4.68. The molecule has 4 rings (SSSR count). The Hall–Kier alpha value is -3.50. The number of hydrogen-bond acceptors (Lipinski definition) is 7. The lowest BCUT2D eigenvalue weighted by Gasteiger charge is -2.09. The van der Waals surface area contributed by atoms with Gasteiger partial charge in [0.2, 0.25) is 10.0 Å². The van der Waals surface area contributed by atoms with Gasteiger partial charge in [-0.05, 0) is 55.5 Å². The molecular weight excluding hydrogens is 418 g/mol. The Morgan fingerprint density at radius 1 is 1.00 bits per heavy atom. The monoisotopic (exact) mass is 439 g/mol. The summed E-state index contributed by atoms with van der Waals surface area (Å²) in [5.41, 5.74) is 2.87. The quantitative estimate of drug-likeness (QED) is 0.471. The molecule has 0 radical (unpaired) electrons. The first-order valence-electron chi connectivity index (χ1n) is 9.40. The highest BCUT2D eigenvalue weighted by atomic mass is 32.2. The topological polar surface area (TPSA) is 108 Å². The first-order chi connectivity index (χ1) is 14.9. The van der Waals surface area contributed by atoms with Crippen molar-refractivity contribution in [3.63, 3.8) is 0 Å². The molecule has 10 heteroatoms. The van der Waals surface area contributed by atoms with Crippen molar-refractivity contribution in [1.82, 2.24) is 24.7 Å². The van der Waals surface area contributed by atoms with Crippen molar-refractivity contribution in [1.29, 1.82) is 0 Å². The van der Waals surface area contributed by atoms with Gasteiger partial charge >= 0.3 is 0 Å². The molecule has 4 aromatic rings. The van der Waals surface area contributed by atoms with Crippen LogP contribution in [0.25, 0.3) is 16.6 Å². The number of aryl methyl sites for hydroxylation is 1. The number of nitrogens with one attached hydrogen (secondary N) is 1. The van der Waals surface area contributed by atoms with Crippen LogP contribution in [0, 0.1) is 6.92 Å². The molecule has 0 saturated heterocycles. The molecule has 9 nitrogen and oxygen atoms in total. The van der Waals surface area contributed by atoms with Gasteiger partial charge in [-0.2, -0.15) is 0 Å². The first kappa shape index (κ1) is 20.8. The van der Waals surface area contributed by atoms with Crippen LogP contribution in [0.1, 0.15) is 11.4 Å². The molecule has 0 unspecified atom stereocenters. The van der Waals surface area contributed by atoms with E-state index in [2.05, 4.69) is 20.0 Å². The fraction of sp³-hybridized carbons (Fsp3) is 0.190. The molecule has 0 spiro atoms. The van der Waals surface area contributed by atoms with Gasteiger partial charge in [0.15, 0.2) is 0 Å². The largest absolute Gasteiger partial charge is 0.497 e. The van der Waals surface area contributed by atoms with Crippen LogP contribution in [0.5, 0.6) is 11.5 Å². The number of hydrogen-bond donors (Lipinski definition) is 1. The second kappa shape index (κ2) is 8.32. The van der Waals surface area contributed by atoms with Gasteiger partial charge in [0, 0.05) is 11.1 Å². The predicted molar refractivity (Wildman–Crippen MR) is 115 cm³/mol. The van der Waals surface area contributed by atoms with E-state index in [0.29, 0.717) is 17.2 Å². The molecule has 0 bridgehead atoms. The Morgan fingerprint density at radius 2 is 1.71 bits per heavy atom. The molecule has 0 aliphatic rings. The van der Waals surface area contributed by atoms with Crippen LogP contribution >= 0.6 is 0 Å². The Morgan fingerprint density at radius 3 is 2.42 bits per heavy atom. The summed E-state index contributed by atoms with van der Waals surface area (Å²) in [5, 5.41) is 9.13. The summed E-state index contributed by atoms with van der Waals surface area (Å²) in [6, 6.07) is 13.7. The molecule has 160 valence electrons. The van der Waals surface area contributed by atoms with Crippen LogP contribution < -0.4 is 14.2 Å². The Labute approximate surface area is 179 Å². The van der Waals surface area contributed by atoms with E-state index in [4.69, 9.17) is 9.47 Å². The second-order valence-corrected chi connectivity index (χ2v) is 8.59. The van der Waals surface area contributed by atoms with E-state index >= 15 is 0 Å². The number of ether oxygens (including phenoxy) is 2. The zero-order valence-corrected chi connectivity index (χ0v) is 18.0. The van der Waals surface area contributed by atoms with Gasteiger partial charge in [0.1, 0.15) is 11.5 Å². The van der Waals surface area contributed by atoms with Crippen molar-refractivity contribution in [3.05, 3.63) is 66.1 Å². The number of nitrogens with zero attached hydrogens (tertiary/aromatic N) is 4. The summed E-state index contributed by atoms with van der Waals surface area (Å²) in [5.74, 6) is 1.28. The number of pyridine rings is 1. The molecule has 0 atom stereocenters. The smallest absolute Gasteiger partial charge is 0.240 e. The summed E-state index contributed by atoms with van der Waals surface area (Å²) < 4.78 is 39.6. The fourth-order valence-corrected chi connectivity index (χ4v) is 4.14. The van der Waals surface area contributed by atoms with Crippen molar-refractivity contribution in [2.24, 2.45) is 0 Å². The lowest BCUT2D eigenvalue weighted by Crippen LogP contribution is -2.23. The number of benzene rings is 2. The third kappa shape index (κ3) is 4.35. The van der Waals surface area contributed by atoms with Gasteiger partial charge in [-0.1, -0.05) is 5.21 Å². The van der Waals surface area contributed by atoms with Gasteiger partial charge in [-0.3, -0.25) is 4.98 Å². The summed E-state index contributed by atoms with van der Waals surface area (Å²) in [7, 11) is -0.574. The molecule has 0 amide bonds. The van der Waals surface area contributed by atoms with E-state index in [1.807, 2.05) is 31.2 Å². The highest BCUT2D eigenvalue weighted by Gasteiger charge is 2.16. The highest BCUT2D eigenvalue weighted by molar-refractivity contribution is 7.89. The van der Waals surface area contributed by atoms with E-state index in [-0.39, 0.29) is 11.4 Å². The summed E-state index contributed by atoms with van der Waals surface area (Å²) in [6.07, 6.45) is 1.68. The maximum atomic E-state index is 12.5. The molecular formula is C21H21N5O4S.